The minimum atomic E-state index is -3.98. The van der Waals surface area contributed by atoms with Gasteiger partial charge >= 0.3 is 0 Å². The van der Waals surface area contributed by atoms with E-state index < -0.39 is 27.5 Å². The number of hydrogen-bond donors (Lipinski definition) is 2. The number of nitrogens with one attached hydrogen (secondary N) is 2. The second-order valence-electron chi connectivity index (χ2n) is 4.09. The van der Waals surface area contributed by atoms with Crippen LogP contribution in [0.25, 0.3) is 0 Å². The monoisotopic (exact) mass is 342 g/mol. The molecule has 0 saturated heterocycles. The molecule has 0 atom stereocenters. The van der Waals surface area contributed by atoms with Gasteiger partial charge in [-0.1, -0.05) is 29.8 Å². The molecule has 4 nitrogen and oxygen atoms in total. The summed E-state index contributed by atoms with van der Waals surface area (Å²) in [6.45, 7) is 3.79. The third kappa shape index (κ3) is 4.51. The molecular formula is C10H13BrF2N2O2S. The van der Waals surface area contributed by atoms with E-state index in [9.17, 15) is 17.2 Å². The Kier molecular flexibility index (Phi) is 5.06. The van der Waals surface area contributed by atoms with E-state index in [2.05, 4.69) is 20.7 Å². The number of rotatable bonds is 5. The Morgan fingerprint density at radius 1 is 1.28 bits per heavy atom. The van der Waals surface area contributed by atoms with E-state index >= 15 is 0 Å². The molecule has 0 spiro atoms. The lowest BCUT2D eigenvalue weighted by Crippen LogP contribution is -2.33. The van der Waals surface area contributed by atoms with Gasteiger partial charge in [0, 0.05) is 11.0 Å². The lowest BCUT2D eigenvalue weighted by atomic mass is 10.2. The molecular weight excluding hydrogens is 330 g/mol. The van der Waals surface area contributed by atoms with Crippen LogP contribution >= 0.6 is 15.9 Å². The van der Waals surface area contributed by atoms with Crippen molar-refractivity contribution >= 4 is 31.8 Å². The summed E-state index contributed by atoms with van der Waals surface area (Å²) in [5, 5.41) is 0. The maximum atomic E-state index is 13.4. The van der Waals surface area contributed by atoms with E-state index in [1.807, 2.05) is 18.6 Å². The Morgan fingerprint density at radius 3 is 2.22 bits per heavy atom. The van der Waals surface area contributed by atoms with Crippen LogP contribution in [0.3, 0.4) is 0 Å². The van der Waals surface area contributed by atoms with E-state index in [1.54, 1.807) is 0 Å². The smallest absolute Gasteiger partial charge is 0.265 e. The van der Waals surface area contributed by atoms with Crippen LogP contribution in [0.2, 0.25) is 0 Å². The van der Waals surface area contributed by atoms with Crippen molar-refractivity contribution in [2.24, 2.45) is 5.92 Å². The molecule has 0 radical (unpaired) electrons. The van der Waals surface area contributed by atoms with Gasteiger partial charge in [-0.15, -0.1) is 0 Å². The highest BCUT2D eigenvalue weighted by Gasteiger charge is 2.17. The van der Waals surface area contributed by atoms with Crippen molar-refractivity contribution in [3.8, 4) is 0 Å². The molecule has 0 fully saturated rings. The topological polar surface area (TPSA) is 58.2 Å². The molecule has 0 aromatic heterocycles. The highest BCUT2D eigenvalue weighted by atomic mass is 79.9. The molecule has 1 rings (SSSR count). The first kappa shape index (κ1) is 15.3. The largest absolute Gasteiger partial charge is 0.299 e. The molecule has 0 aliphatic carbocycles. The van der Waals surface area contributed by atoms with E-state index in [4.69, 9.17) is 0 Å². The van der Waals surface area contributed by atoms with Crippen molar-refractivity contribution in [1.82, 2.24) is 4.72 Å². The summed E-state index contributed by atoms with van der Waals surface area (Å²) in [4.78, 5) is 0. The van der Waals surface area contributed by atoms with Gasteiger partial charge in [0.1, 0.15) is 5.69 Å². The van der Waals surface area contributed by atoms with Crippen LogP contribution in [-0.2, 0) is 10.2 Å². The first-order chi connectivity index (χ1) is 8.21. The van der Waals surface area contributed by atoms with Gasteiger partial charge in [0.05, 0.1) is 0 Å². The van der Waals surface area contributed by atoms with Crippen molar-refractivity contribution < 1.29 is 17.2 Å². The standard InChI is InChI=1S/C10H13BrF2N2O2S/c1-6(2)5-14-18(16,17)15-10-8(12)3-7(11)4-9(10)13/h3-4,6,14-15H,5H2,1-2H3. The van der Waals surface area contributed by atoms with E-state index in [0.29, 0.717) is 0 Å². The molecule has 0 unspecified atom stereocenters. The SMILES string of the molecule is CC(C)CNS(=O)(=O)Nc1c(F)cc(Br)cc1F. The zero-order chi connectivity index (χ0) is 13.9. The fraction of sp³-hybridized carbons (Fsp3) is 0.400. The quantitative estimate of drug-likeness (QED) is 0.864. The minimum Gasteiger partial charge on any atom is -0.265 e. The number of anilines is 1. The zero-order valence-corrected chi connectivity index (χ0v) is 12.2. The Balaban J connectivity index is 2.91. The highest BCUT2D eigenvalue weighted by molar-refractivity contribution is 9.10. The zero-order valence-electron chi connectivity index (χ0n) is 9.80. The molecule has 1 aromatic rings. The molecule has 0 heterocycles. The fourth-order valence-corrected chi connectivity index (χ4v) is 2.58. The van der Waals surface area contributed by atoms with E-state index in [-0.39, 0.29) is 16.9 Å². The Morgan fingerprint density at radius 2 is 1.78 bits per heavy atom. The summed E-state index contributed by atoms with van der Waals surface area (Å²) in [6.07, 6.45) is 0. The molecule has 0 saturated carbocycles. The Hall–Kier alpha value is -0.730. The fourth-order valence-electron chi connectivity index (χ4n) is 1.09. The second kappa shape index (κ2) is 5.94. The van der Waals surface area contributed by atoms with Crippen molar-refractivity contribution in [2.45, 2.75) is 13.8 Å². The van der Waals surface area contributed by atoms with Crippen LogP contribution in [-0.4, -0.2) is 15.0 Å². The van der Waals surface area contributed by atoms with Crippen LogP contribution in [0.15, 0.2) is 16.6 Å². The minimum absolute atomic E-state index is 0.0844. The van der Waals surface area contributed by atoms with Gasteiger partial charge < -0.3 is 0 Å². The summed E-state index contributed by atoms with van der Waals surface area (Å²) in [7, 11) is -3.98. The maximum absolute atomic E-state index is 13.4. The van der Waals surface area contributed by atoms with Crippen molar-refractivity contribution in [1.29, 1.82) is 0 Å². The molecule has 0 aliphatic heterocycles. The summed E-state index contributed by atoms with van der Waals surface area (Å²) in [6, 6.07) is 1.95. The van der Waals surface area contributed by atoms with E-state index in [0.717, 1.165) is 12.1 Å². The summed E-state index contributed by atoms with van der Waals surface area (Å²) in [5.74, 6) is -1.89. The summed E-state index contributed by atoms with van der Waals surface area (Å²) >= 11 is 2.90. The molecule has 18 heavy (non-hydrogen) atoms. The van der Waals surface area contributed by atoms with Crippen LogP contribution in [0.1, 0.15) is 13.8 Å². The summed E-state index contributed by atoms with van der Waals surface area (Å²) in [5.41, 5.74) is -0.700. The normalized spacial score (nSPS) is 11.9. The maximum Gasteiger partial charge on any atom is 0.299 e. The Labute approximate surface area is 113 Å². The number of hydrogen-bond acceptors (Lipinski definition) is 2. The molecule has 0 bridgehead atoms. The van der Waals surface area contributed by atoms with E-state index in [1.165, 1.54) is 0 Å². The van der Waals surface area contributed by atoms with Gasteiger partial charge in [0.15, 0.2) is 11.6 Å². The van der Waals surface area contributed by atoms with Gasteiger partial charge in [-0.25, -0.2) is 8.78 Å². The molecule has 2 N–H and O–H groups in total. The van der Waals surface area contributed by atoms with Crippen LogP contribution in [0.5, 0.6) is 0 Å². The van der Waals surface area contributed by atoms with Gasteiger partial charge in [0.25, 0.3) is 10.2 Å². The van der Waals surface area contributed by atoms with Crippen LogP contribution in [0, 0.1) is 17.6 Å². The highest BCUT2D eigenvalue weighted by Crippen LogP contribution is 2.24. The molecule has 102 valence electrons. The molecule has 8 heteroatoms. The van der Waals surface area contributed by atoms with Gasteiger partial charge in [-0.3, -0.25) is 4.72 Å². The van der Waals surface area contributed by atoms with Crippen LogP contribution < -0.4 is 9.44 Å². The predicted octanol–water partition coefficient (Wildman–Crippen LogP) is 2.63. The summed E-state index contributed by atoms with van der Waals surface area (Å²) < 4.78 is 54.1. The average Bonchev–Trinajstić information content (AvgIpc) is 2.21. The third-order valence-corrected chi connectivity index (χ3v) is 3.40. The molecule has 0 amide bonds. The predicted molar refractivity (Wildman–Crippen MR) is 69.4 cm³/mol. The third-order valence-electron chi connectivity index (χ3n) is 1.92. The van der Waals surface area contributed by atoms with Crippen molar-refractivity contribution in [2.75, 3.05) is 11.3 Å². The Bertz CT molecular complexity index is 512. The molecule has 1 aromatic carbocycles. The molecule has 0 aliphatic rings. The lowest BCUT2D eigenvalue weighted by molar-refractivity contribution is 0.560. The number of benzene rings is 1. The van der Waals surface area contributed by atoms with Crippen LogP contribution in [0.4, 0.5) is 14.5 Å². The average molecular weight is 343 g/mol. The van der Waals surface area contributed by atoms with Gasteiger partial charge in [-0.2, -0.15) is 13.1 Å². The van der Waals surface area contributed by atoms with Gasteiger partial charge in [-0.05, 0) is 18.1 Å². The van der Waals surface area contributed by atoms with Crippen molar-refractivity contribution in [3.05, 3.63) is 28.2 Å². The second-order valence-corrected chi connectivity index (χ2v) is 6.51. The van der Waals surface area contributed by atoms with Gasteiger partial charge in [0.2, 0.25) is 0 Å². The number of halogens is 3. The first-order valence-electron chi connectivity index (χ1n) is 5.13. The lowest BCUT2D eigenvalue weighted by Gasteiger charge is -2.12. The first-order valence-corrected chi connectivity index (χ1v) is 7.41. The van der Waals surface area contributed by atoms with Crippen molar-refractivity contribution in [3.63, 3.8) is 0 Å².